The van der Waals surface area contributed by atoms with Gasteiger partial charge in [-0.1, -0.05) is 23.7 Å². The molecule has 2 heterocycles. The van der Waals surface area contributed by atoms with E-state index in [0.29, 0.717) is 16.6 Å². The summed E-state index contributed by atoms with van der Waals surface area (Å²) in [4.78, 5) is 8.07. The standard InChI is InChI=1S/C17H12ClF4N3/c1-9(10-3-2-4-12(16(10)19)17(20,21)22)25-13-5-6-23-14-8-24-15(18)7-11(13)14/h2-9H,1H3,(H,23,25)/t9-/m1/s1. The van der Waals surface area contributed by atoms with Crippen LogP contribution in [0.2, 0.25) is 5.15 Å². The fourth-order valence-electron chi connectivity index (χ4n) is 2.56. The highest BCUT2D eigenvalue weighted by Crippen LogP contribution is 2.35. The lowest BCUT2D eigenvalue weighted by Crippen LogP contribution is -2.14. The first-order valence-corrected chi connectivity index (χ1v) is 7.67. The lowest BCUT2D eigenvalue weighted by atomic mass is 10.0. The monoisotopic (exact) mass is 369 g/mol. The number of alkyl halides is 3. The number of aromatic nitrogens is 2. The Hall–Kier alpha value is -2.41. The molecule has 3 aromatic rings. The van der Waals surface area contributed by atoms with Crippen LogP contribution in [0.4, 0.5) is 23.2 Å². The third-order valence-corrected chi connectivity index (χ3v) is 3.97. The van der Waals surface area contributed by atoms with E-state index in [-0.39, 0.29) is 10.7 Å². The Morgan fingerprint density at radius 2 is 1.92 bits per heavy atom. The van der Waals surface area contributed by atoms with Crippen molar-refractivity contribution in [2.45, 2.75) is 19.1 Å². The number of rotatable bonds is 3. The molecule has 0 aliphatic carbocycles. The normalized spacial score (nSPS) is 13.0. The number of pyridine rings is 2. The van der Waals surface area contributed by atoms with Crippen molar-refractivity contribution in [3.8, 4) is 0 Å². The van der Waals surface area contributed by atoms with Crippen molar-refractivity contribution in [2.24, 2.45) is 0 Å². The van der Waals surface area contributed by atoms with Gasteiger partial charge < -0.3 is 5.32 Å². The predicted molar refractivity (Wildman–Crippen MR) is 88.0 cm³/mol. The van der Waals surface area contributed by atoms with Gasteiger partial charge in [0.2, 0.25) is 0 Å². The third kappa shape index (κ3) is 3.51. The highest BCUT2D eigenvalue weighted by atomic mass is 35.5. The number of benzene rings is 1. The summed E-state index contributed by atoms with van der Waals surface area (Å²) in [6, 6.07) is 5.74. The number of nitrogens with zero attached hydrogens (tertiary/aromatic N) is 2. The number of halogens is 5. The molecule has 0 bridgehead atoms. The number of hydrogen-bond donors (Lipinski definition) is 1. The Balaban J connectivity index is 1.99. The van der Waals surface area contributed by atoms with Crippen LogP contribution >= 0.6 is 11.6 Å². The number of nitrogens with one attached hydrogen (secondary N) is 1. The lowest BCUT2D eigenvalue weighted by molar-refractivity contribution is -0.140. The Kier molecular flexibility index (Phi) is 4.51. The summed E-state index contributed by atoms with van der Waals surface area (Å²) < 4.78 is 52.9. The summed E-state index contributed by atoms with van der Waals surface area (Å²) in [6.07, 6.45) is -1.74. The lowest BCUT2D eigenvalue weighted by Gasteiger charge is -2.19. The van der Waals surface area contributed by atoms with Gasteiger partial charge in [-0.05, 0) is 25.1 Å². The maximum atomic E-state index is 14.3. The molecule has 1 atom stereocenters. The molecular weight excluding hydrogens is 358 g/mol. The van der Waals surface area contributed by atoms with Gasteiger partial charge in [0.15, 0.2) is 0 Å². The van der Waals surface area contributed by atoms with Gasteiger partial charge >= 0.3 is 6.18 Å². The summed E-state index contributed by atoms with van der Waals surface area (Å²) in [6.45, 7) is 1.58. The first kappa shape index (κ1) is 17.4. The van der Waals surface area contributed by atoms with Crippen molar-refractivity contribution >= 4 is 28.2 Å². The molecular formula is C17H12ClF4N3. The smallest absolute Gasteiger partial charge is 0.378 e. The molecule has 0 aliphatic rings. The molecule has 3 rings (SSSR count). The van der Waals surface area contributed by atoms with Crippen LogP contribution in [0, 0.1) is 5.82 Å². The second kappa shape index (κ2) is 6.48. The second-order valence-corrected chi connectivity index (χ2v) is 5.84. The van der Waals surface area contributed by atoms with Crippen molar-refractivity contribution in [3.63, 3.8) is 0 Å². The summed E-state index contributed by atoms with van der Waals surface area (Å²) >= 11 is 5.89. The number of hydrogen-bond acceptors (Lipinski definition) is 3. The highest BCUT2D eigenvalue weighted by molar-refractivity contribution is 6.30. The molecule has 25 heavy (non-hydrogen) atoms. The topological polar surface area (TPSA) is 37.8 Å². The third-order valence-electron chi connectivity index (χ3n) is 3.77. The predicted octanol–water partition coefficient (Wildman–Crippen LogP) is 5.61. The fourth-order valence-corrected chi connectivity index (χ4v) is 2.72. The van der Waals surface area contributed by atoms with E-state index in [1.54, 1.807) is 19.1 Å². The van der Waals surface area contributed by atoms with Crippen LogP contribution < -0.4 is 5.32 Å². The van der Waals surface area contributed by atoms with E-state index in [1.807, 2.05) is 0 Å². The molecule has 0 amide bonds. The van der Waals surface area contributed by atoms with E-state index in [9.17, 15) is 17.6 Å². The molecule has 0 spiro atoms. The van der Waals surface area contributed by atoms with E-state index in [4.69, 9.17) is 11.6 Å². The Labute approximate surface area is 145 Å². The molecule has 0 fully saturated rings. The van der Waals surface area contributed by atoms with Gasteiger partial charge in [-0.15, -0.1) is 0 Å². The van der Waals surface area contributed by atoms with Gasteiger partial charge in [0.1, 0.15) is 11.0 Å². The van der Waals surface area contributed by atoms with E-state index in [0.717, 1.165) is 6.07 Å². The Morgan fingerprint density at radius 1 is 1.16 bits per heavy atom. The van der Waals surface area contributed by atoms with Crippen LogP contribution in [0.1, 0.15) is 24.1 Å². The average Bonchev–Trinajstić information content (AvgIpc) is 2.54. The van der Waals surface area contributed by atoms with Crippen LogP contribution in [-0.2, 0) is 6.18 Å². The minimum Gasteiger partial charge on any atom is -0.378 e. The molecule has 0 saturated carbocycles. The largest absolute Gasteiger partial charge is 0.419 e. The molecule has 0 radical (unpaired) electrons. The van der Waals surface area contributed by atoms with Gasteiger partial charge in [-0.25, -0.2) is 9.37 Å². The first-order valence-electron chi connectivity index (χ1n) is 7.30. The highest BCUT2D eigenvalue weighted by Gasteiger charge is 2.35. The molecule has 130 valence electrons. The van der Waals surface area contributed by atoms with Crippen LogP contribution in [-0.4, -0.2) is 9.97 Å². The average molecular weight is 370 g/mol. The van der Waals surface area contributed by atoms with Gasteiger partial charge in [0, 0.05) is 22.8 Å². The molecule has 2 aromatic heterocycles. The SMILES string of the molecule is C[C@@H](Nc1ccnc2cnc(Cl)cc12)c1cccc(C(F)(F)F)c1F. The molecule has 1 aromatic carbocycles. The van der Waals surface area contributed by atoms with Crippen LogP contribution in [0.25, 0.3) is 10.9 Å². The van der Waals surface area contributed by atoms with E-state index >= 15 is 0 Å². The first-order chi connectivity index (χ1) is 11.8. The summed E-state index contributed by atoms with van der Waals surface area (Å²) in [5.41, 5.74) is -0.241. The van der Waals surface area contributed by atoms with Crippen LogP contribution in [0.5, 0.6) is 0 Å². The molecule has 0 aliphatic heterocycles. The van der Waals surface area contributed by atoms with E-state index in [1.165, 1.54) is 24.5 Å². The van der Waals surface area contributed by atoms with Crippen LogP contribution in [0.3, 0.4) is 0 Å². The zero-order chi connectivity index (χ0) is 18.2. The molecule has 1 N–H and O–H groups in total. The summed E-state index contributed by atoms with van der Waals surface area (Å²) in [5.74, 6) is -1.28. The molecule has 0 unspecified atom stereocenters. The molecule has 0 saturated heterocycles. The summed E-state index contributed by atoms with van der Waals surface area (Å²) in [7, 11) is 0. The quantitative estimate of drug-likeness (QED) is 0.481. The summed E-state index contributed by atoms with van der Waals surface area (Å²) in [5, 5.41) is 3.91. The molecule has 8 heteroatoms. The van der Waals surface area contributed by atoms with Gasteiger partial charge in [0.05, 0.1) is 23.3 Å². The Bertz CT molecular complexity index is 927. The zero-order valence-corrected chi connectivity index (χ0v) is 13.7. The van der Waals surface area contributed by atoms with Gasteiger partial charge in [0.25, 0.3) is 0 Å². The van der Waals surface area contributed by atoms with Crippen molar-refractivity contribution < 1.29 is 17.6 Å². The van der Waals surface area contributed by atoms with Gasteiger partial charge in [-0.3, -0.25) is 4.98 Å². The minimum absolute atomic E-state index is 0.0834. The maximum Gasteiger partial charge on any atom is 0.419 e. The molecule has 3 nitrogen and oxygen atoms in total. The number of fused-ring (bicyclic) bond motifs is 1. The van der Waals surface area contributed by atoms with E-state index in [2.05, 4.69) is 15.3 Å². The van der Waals surface area contributed by atoms with Crippen LogP contribution in [0.15, 0.2) is 42.7 Å². The van der Waals surface area contributed by atoms with Crippen molar-refractivity contribution in [1.82, 2.24) is 9.97 Å². The zero-order valence-electron chi connectivity index (χ0n) is 12.9. The number of anilines is 1. The maximum absolute atomic E-state index is 14.3. The van der Waals surface area contributed by atoms with Crippen molar-refractivity contribution in [2.75, 3.05) is 5.32 Å². The van der Waals surface area contributed by atoms with Crippen molar-refractivity contribution in [3.05, 3.63) is 64.8 Å². The fraction of sp³-hybridized carbons (Fsp3) is 0.176. The van der Waals surface area contributed by atoms with Gasteiger partial charge in [-0.2, -0.15) is 13.2 Å². The second-order valence-electron chi connectivity index (χ2n) is 5.46. The minimum atomic E-state index is -4.75. The Morgan fingerprint density at radius 3 is 2.64 bits per heavy atom. The van der Waals surface area contributed by atoms with E-state index < -0.39 is 23.6 Å². The van der Waals surface area contributed by atoms with Crippen molar-refractivity contribution in [1.29, 1.82) is 0 Å².